The Hall–Kier alpha value is -5.20. The van der Waals surface area contributed by atoms with Gasteiger partial charge in [0, 0.05) is 19.4 Å². The van der Waals surface area contributed by atoms with Crippen LogP contribution in [0.4, 0.5) is 11.4 Å². The Bertz CT molecular complexity index is 1600. The van der Waals surface area contributed by atoms with Crippen LogP contribution >= 0.6 is 0 Å². The number of rotatable bonds is 6. The molecular weight excluding hydrogens is 588 g/mol. The van der Waals surface area contributed by atoms with Gasteiger partial charge in [-0.15, -0.1) is 5.10 Å². The van der Waals surface area contributed by atoms with E-state index in [-0.39, 0.29) is 12.3 Å². The molecule has 2 heterocycles. The average Bonchev–Trinajstić information content (AvgIpc) is 3.48. The van der Waals surface area contributed by atoms with Crippen molar-refractivity contribution in [1.29, 1.82) is 0 Å². The number of carbonyl (C=O) groups is 4. The Morgan fingerprint density at radius 1 is 1.02 bits per heavy atom. The van der Waals surface area contributed by atoms with Gasteiger partial charge in [0.1, 0.15) is 24.3 Å². The number of aromatic nitrogens is 3. The lowest BCUT2D eigenvalue weighted by Gasteiger charge is -2.32. The zero-order valence-electron chi connectivity index (χ0n) is 26.7. The number of hydrogen-bond acceptors (Lipinski definition) is 9. The van der Waals surface area contributed by atoms with Gasteiger partial charge in [-0.2, -0.15) is 10.2 Å². The van der Waals surface area contributed by atoms with Crippen molar-refractivity contribution in [3.05, 3.63) is 84.2 Å². The summed E-state index contributed by atoms with van der Waals surface area (Å²) in [6.45, 7) is 10.9. The Morgan fingerprint density at radius 2 is 1.72 bits per heavy atom. The van der Waals surface area contributed by atoms with Crippen molar-refractivity contribution < 1.29 is 23.9 Å². The second-order valence-corrected chi connectivity index (χ2v) is 11.7. The fraction of sp³-hybridized carbons (Fsp3) is 0.394. The molecule has 0 aliphatic carbocycles. The number of hydrogen-bond donors (Lipinski definition) is 2. The summed E-state index contributed by atoms with van der Waals surface area (Å²) in [5.41, 5.74) is 3.12. The molecule has 1 fully saturated rings. The van der Waals surface area contributed by atoms with Gasteiger partial charge in [-0.3, -0.25) is 19.2 Å². The number of carbonyl (C=O) groups excluding carboxylic acids is 4. The Kier molecular flexibility index (Phi) is 11.1. The smallest absolute Gasteiger partial charge is 0.326 e. The fourth-order valence-corrected chi connectivity index (χ4v) is 5.20. The molecule has 3 amide bonds. The number of nitrogens with one attached hydrogen (secondary N) is 2. The number of cyclic esters (lactones) is 1. The first-order valence-electron chi connectivity index (χ1n) is 15.1. The molecule has 242 valence electrons. The van der Waals surface area contributed by atoms with Crippen LogP contribution in [0.3, 0.4) is 0 Å². The monoisotopic (exact) mass is 628 g/mol. The minimum absolute atomic E-state index is 0.111. The second-order valence-electron chi connectivity index (χ2n) is 11.7. The van der Waals surface area contributed by atoms with E-state index in [0.717, 1.165) is 11.3 Å². The maximum absolute atomic E-state index is 13.1. The molecule has 4 atom stereocenters. The summed E-state index contributed by atoms with van der Waals surface area (Å²) in [4.78, 5) is 53.4. The first-order valence-corrected chi connectivity index (χ1v) is 15.1. The predicted octanol–water partition coefficient (Wildman–Crippen LogP) is 4.03. The molecule has 3 aromatic rings. The standard InChI is InChI=1S/C33H40N8O5/c1-20(2)30-32(44)34-17-29(43)46-31(22(4)21(3)15-28(42)35-23(5)33(45)40(30)6)27-19-41(39-38-27)18-24-11-10-14-26(16-24)37-36-25-12-8-7-9-13-25/h7-14,16,19-20,22-23,30-31H,3,15,17-18H2,1-2,4-6H3,(H,34,44)(H,35,42)/t22-,23+,30+,31-/m1/s1. The van der Waals surface area contributed by atoms with E-state index < -0.39 is 54.3 Å². The first kappa shape index (κ1) is 33.7. The van der Waals surface area contributed by atoms with Crippen LogP contribution in [-0.4, -0.2) is 69.3 Å². The Balaban J connectivity index is 1.55. The highest BCUT2D eigenvalue weighted by atomic mass is 16.5. The lowest BCUT2D eigenvalue weighted by Crippen LogP contribution is -2.55. The first-order chi connectivity index (χ1) is 21.9. The fourth-order valence-electron chi connectivity index (χ4n) is 5.20. The van der Waals surface area contributed by atoms with Crippen LogP contribution in [0, 0.1) is 11.8 Å². The number of ether oxygens (including phenoxy) is 1. The number of azo groups is 1. The van der Waals surface area contributed by atoms with Crippen LogP contribution in [0.2, 0.25) is 0 Å². The van der Waals surface area contributed by atoms with Crippen molar-refractivity contribution >= 4 is 35.1 Å². The van der Waals surface area contributed by atoms with E-state index >= 15 is 0 Å². The summed E-state index contributed by atoms with van der Waals surface area (Å²) in [6, 6.07) is 15.2. The van der Waals surface area contributed by atoms with Gasteiger partial charge in [0.05, 0.1) is 24.1 Å². The van der Waals surface area contributed by atoms with Crippen LogP contribution in [-0.2, 0) is 30.5 Å². The van der Waals surface area contributed by atoms with Crippen LogP contribution in [0.25, 0.3) is 0 Å². The van der Waals surface area contributed by atoms with Gasteiger partial charge < -0.3 is 20.3 Å². The van der Waals surface area contributed by atoms with Gasteiger partial charge in [-0.25, -0.2) is 4.68 Å². The quantitative estimate of drug-likeness (QED) is 0.237. The van der Waals surface area contributed by atoms with E-state index in [1.807, 2.05) is 54.6 Å². The summed E-state index contributed by atoms with van der Waals surface area (Å²) in [6.07, 6.45) is 0.606. The van der Waals surface area contributed by atoms with Crippen molar-refractivity contribution in [2.75, 3.05) is 13.6 Å². The van der Waals surface area contributed by atoms with E-state index in [1.54, 1.807) is 38.6 Å². The van der Waals surface area contributed by atoms with Crippen molar-refractivity contribution in [2.45, 2.75) is 58.8 Å². The molecule has 46 heavy (non-hydrogen) atoms. The summed E-state index contributed by atoms with van der Waals surface area (Å²) in [7, 11) is 1.50. The Morgan fingerprint density at radius 3 is 2.43 bits per heavy atom. The molecule has 13 heteroatoms. The molecular formula is C33H40N8O5. The van der Waals surface area contributed by atoms with E-state index in [9.17, 15) is 19.2 Å². The lowest BCUT2D eigenvalue weighted by molar-refractivity contribution is -0.152. The summed E-state index contributed by atoms with van der Waals surface area (Å²) in [5.74, 6) is -2.91. The van der Waals surface area contributed by atoms with Gasteiger partial charge in [-0.1, -0.05) is 68.5 Å². The number of benzene rings is 2. The highest BCUT2D eigenvalue weighted by molar-refractivity contribution is 5.93. The SMILES string of the molecule is C=C1CC(=O)N[C@@H](C)C(=O)N(C)[C@@H](C(C)C)C(=O)NCC(=O)O[C@@H](c2cn(Cc3cccc(N=Nc4ccccc4)c3)nn2)[C@@H]1C. The highest BCUT2D eigenvalue weighted by Gasteiger charge is 2.34. The third kappa shape index (κ3) is 8.71. The number of amides is 3. The molecule has 2 aromatic carbocycles. The van der Waals surface area contributed by atoms with E-state index in [4.69, 9.17) is 4.74 Å². The van der Waals surface area contributed by atoms with Gasteiger partial charge in [0.15, 0.2) is 6.10 Å². The van der Waals surface area contributed by atoms with E-state index in [0.29, 0.717) is 23.5 Å². The third-order valence-electron chi connectivity index (χ3n) is 7.70. The minimum Gasteiger partial charge on any atom is -0.454 e. The van der Waals surface area contributed by atoms with Crippen LogP contribution in [0.1, 0.15) is 51.5 Å². The molecule has 0 radical (unpaired) electrons. The zero-order chi connectivity index (χ0) is 33.4. The zero-order valence-corrected chi connectivity index (χ0v) is 26.7. The molecule has 0 saturated carbocycles. The number of nitrogens with zero attached hydrogens (tertiary/aromatic N) is 6. The molecule has 1 aromatic heterocycles. The molecule has 0 bridgehead atoms. The van der Waals surface area contributed by atoms with E-state index in [1.165, 1.54) is 11.9 Å². The largest absolute Gasteiger partial charge is 0.454 e. The van der Waals surface area contributed by atoms with Crippen LogP contribution in [0.5, 0.6) is 0 Å². The second kappa shape index (κ2) is 15.2. The molecule has 13 nitrogen and oxygen atoms in total. The maximum atomic E-state index is 13.1. The van der Waals surface area contributed by atoms with Crippen LogP contribution < -0.4 is 10.6 Å². The highest BCUT2D eigenvalue weighted by Crippen LogP contribution is 2.31. The molecule has 0 spiro atoms. The molecule has 2 N–H and O–H groups in total. The average molecular weight is 629 g/mol. The normalized spacial score (nSPS) is 22.3. The van der Waals surface area contributed by atoms with Crippen molar-refractivity contribution in [3.63, 3.8) is 0 Å². The summed E-state index contributed by atoms with van der Waals surface area (Å²) >= 11 is 0. The van der Waals surface area contributed by atoms with Crippen molar-refractivity contribution in [2.24, 2.45) is 22.1 Å². The van der Waals surface area contributed by atoms with Gasteiger partial charge in [0.25, 0.3) is 0 Å². The lowest BCUT2D eigenvalue weighted by atomic mass is 9.92. The molecule has 1 aliphatic heterocycles. The number of esters is 1. The molecule has 4 rings (SSSR count). The molecule has 0 unspecified atom stereocenters. The maximum Gasteiger partial charge on any atom is 0.326 e. The number of likely N-dealkylation sites (N-methyl/N-ethyl adjacent to an activating group) is 1. The minimum atomic E-state index is -0.947. The Labute approximate surface area is 268 Å². The summed E-state index contributed by atoms with van der Waals surface area (Å²) in [5, 5.41) is 22.4. The van der Waals surface area contributed by atoms with Crippen LogP contribution in [0.15, 0.2) is 83.2 Å². The van der Waals surface area contributed by atoms with Crippen molar-refractivity contribution in [3.8, 4) is 0 Å². The predicted molar refractivity (Wildman–Crippen MR) is 170 cm³/mol. The third-order valence-corrected chi connectivity index (χ3v) is 7.70. The van der Waals surface area contributed by atoms with Gasteiger partial charge in [0.2, 0.25) is 17.7 Å². The summed E-state index contributed by atoms with van der Waals surface area (Å²) < 4.78 is 7.43. The topological polar surface area (TPSA) is 160 Å². The molecule has 1 saturated heterocycles. The van der Waals surface area contributed by atoms with Crippen molar-refractivity contribution in [1.82, 2.24) is 30.5 Å². The van der Waals surface area contributed by atoms with Gasteiger partial charge >= 0.3 is 5.97 Å². The molecule has 1 aliphatic rings. The van der Waals surface area contributed by atoms with E-state index in [2.05, 4.69) is 37.8 Å². The van der Waals surface area contributed by atoms with Gasteiger partial charge in [-0.05, 0) is 42.7 Å².